The molecule has 5 aliphatic heterocycles. The van der Waals surface area contributed by atoms with E-state index < -0.39 is 198 Å². The second kappa shape index (κ2) is 22.9. The molecule has 0 radical (unpaired) electrons. The van der Waals surface area contributed by atoms with Gasteiger partial charge in [-0.3, -0.25) is 14.1 Å². The number of carbonyl (C=O) groups is 2. The average Bonchev–Trinajstić information content (AvgIpc) is 3.58. The molecule has 5 heterocycles. The van der Waals surface area contributed by atoms with Crippen molar-refractivity contribution in [3.63, 3.8) is 0 Å². The molecule has 460 valence electrons. The molecular formula is C54H82O26S. The number of rotatable bonds is 15. The first-order chi connectivity index (χ1) is 37.8. The Morgan fingerprint density at radius 3 is 2.05 bits per heavy atom. The third-order valence-corrected chi connectivity index (χ3v) is 20.2. The molecule has 27 heteroatoms. The van der Waals surface area contributed by atoms with Crippen LogP contribution in [0.2, 0.25) is 0 Å². The second-order valence-corrected chi connectivity index (χ2v) is 26.0. The number of cyclic esters (lactones) is 1. The Bertz CT molecular complexity index is 2520. The van der Waals surface area contributed by atoms with Gasteiger partial charge in [0.25, 0.3) is 0 Å². The van der Waals surface area contributed by atoms with Crippen LogP contribution >= 0.6 is 0 Å². The molecular weight excluding hydrogens is 1100 g/mol. The van der Waals surface area contributed by atoms with Crippen molar-refractivity contribution in [3.8, 4) is 0 Å². The molecule has 8 fully saturated rings. The van der Waals surface area contributed by atoms with E-state index >= 15 is 0 Å². The Labute approximate surface area is 470 Å². The highest BCUT2D eigenvalue weighted by molar-refractivity contribution is 7.80. The number of allylic oxidation sites excluding steroid dienone is 5. The van der Waals surface area contributed by atoms with Crippen LogP contribution in [0, 0.1) is 33.5 Å². The second-order valence-electron chi connectivity index (χ2n) is 24.9. The van der Waals surface area contributed by atoms with Gasteiger partial charge in [0, 0.05) is 19.4 Å². The fraction of sp³-hybridized carbons (Fsp3) is 0.852. The topological polar surface area (TPSA) is 381 Å². The number of methoxy groups -OCH3 is 1. The molecule has 0 aromatic heterocycles. The predicted octanol–water partition coefficient (Wildman–Crippen LogP) is -0.878. The highest BCUT2D eigenvalue weighted by atomic mass is 32.3. The van der Waals surface area contributed by atoms with Gasteiger partial charge in [0.2, 0.25) is 0 Å². The number of hydrogen-bond donors (Lipinski definition) is 10. The SMILES string of the molecule is COC1C(O)[C@H](OC2C(O)[C@H](O[C@@H]3CO[C@@H](OC4C(O)[C@H](OS(=O)(=O)O)CO[C@H]4O[C@H]4CC[C@]5(C)[C@@H]6CC[C@]78C(=O)O[C@@](C)(/C=C\C=C(C)C)[C@@]7(O)[C@@H](OC(C)=O)C[C@@]8(C)C6=CC[C@H]5C4(C)C)C(O)C3O)OC[C@H]2O)OC(CO)[C@H]1O. The smallest absolute Gasteiger partial charge is 0.397 e. The minimum absolute atomic E-state index is 0.0915. The van der Waals surface area contributed by atoms with Crippen molar-refractivity contribution < 1.29 is 125 Å². The van der Waals surface area contributed by atoms with Crippen LogP contribution in [0.15, 0.2) is 35.5 Å². The van der Waals surface area contributed by atoms with Gasteiger partial charge in [-0.15, -0.1) is 0 Å². The van der Waals surface area contributed by atoms with Crippen LogP contribution in [0.4, 0.5) is 0 Å². The Morgan fingerprint density at radius 2 is 1.40 bits per heavy atom. The molecule has 9 unspecified atom stereocenters. The average molecular weight is 1180 g/mol. The summed E-state index contributed by atoms with van der Waals surface area (Å²) in [5.41, 5.74) is -5.04. The minimum Gasteiger partial charge on any atom is -0.459 e. The molecule has 0 amide bonds. The summed E-state index contributed by atoms with van der Waals surface area (Å²) in [6, 6.07) is 0. The van der Waals surface area contributed by atoms with E-state index in [0.29, 0.717) is 25.7 Å². The molecule has 0 bridgehead atoms. The van der Waals surface area contributed by atoms with Crippen molar-refractivity contribution in [3.05, 3.63) is 35.5 Å². The molecule has 26 nitrogen and oxygen atoms in total. The molecule has 1 spiro atoms. The van der Waals surface area contributed by atoms with Gasteiger partial charge in [-0.05, 0) is 88.0 Å². The zero-order valence-electron chi connectivity index (χ0n) is 46.9. The fourth-order valence-electron chi connectivity index (χ4n) is 15.6. The molecule has 26 atom stereocenters. The van der Waals surface area contributed by atoms with E-state index in [9.17, 15) is 68.5 Å². The highest BCUT2D eigenvalue weighted by Gasteiger charge is 2.87. The Hall–Kier alpha value is -2.69. The van der Waals surface area contributed by atoms with Gasteiger partial charge < -0.3 is 98.1 Å². The fourth-order valence-corrected chi connectivity index (χ4v) is 16.1. The standard InChI is InChI=1S/C54H82O26S/c1-24(2)11-10-16-52(8)54(65)34(73-25(3)56)19-51(7)27-12-13-32-49(4,5)33(15-17-50(32,6)26(27)14-18-53(51,54)48(64)79-52)76-47-43(37(60)31(23-72-47)80-81(66,67)68)78-44-38(61)35(58)30(22-71-44)75-45-39(62)41(28(57)21-70-45)77-46-40(63)42(69-9)36(59)29(20-55)74-46/h10-12,16,26,28-47,55,57-63,65H,13-15,17-23H2,1-9H3,(H,66,67,68)/b16-10-/t26-,28-,29?,30-,31-,32+,33+,34+,35?,36-,37?,38?,39?,40?,41?,42?,43?,44+,45+,46+,47+,50-,51+,52+,53-,54+/m1/s1. The molecule has 9 rings (SSSR count). The van der Waals surface area contributed by atoms with Gasteiger partial charge in [0.05, 0.1) is 32.5 Å². The Kier molecular flexibility index (Phi) is 17.7. The van der Waals surface area contributed by atoms with Crippen LogP contribution in [0.3, 0.4) is 0 Å². The van der Waals surface area contributed by atoms with E-state index in [0.717, 1.165) is 11.1 Å². The van der Waals surface area contributed by atoms with Crippen LogP contribution < -0.4 is 0 Å². The molecule has 10 N–H and O–H groups in total. The van der Waals surface area contributed by atoms with Crippen LogP contribution in [0.1, 0.15) is 93.9 Å². The van der Waals surface area contributed by atoms with Gasteiger partial charge in [0.15, 0.2) is 36.4 Å². The van der Waals surface area contributed by atoms with Crippen molar-refractivity contribution in [2.24, 2.45) is 33.5 Å². The summed E-state index contributed by atoms with van der Waals surface area (Å²) in [5.74, 6) is -1.33. The lowest BCUT2D eigenvalue weighted by molar-refractivity contribution is -0.373. The zero-order valence-corrected chi connectivity index (χ0v) is 47.7. The third kappa shape index (κ3) is 10.5. The van der Waals surface area contributed by atoms with Crippen LogP contribution in [-0.2, 0) is 76.3 Å². The summed E-state index contributed by atoms with van der Waals surface area (Å²) in [4.78, 5) is 27.4. The summed E-state index contributed by atoms with van der Waals surface area (Å²) in [6.45, 7) is 12.7. The number of esters is 2. The number of carbonyl (C=O) groups excluding carboxylic acids is 2. The van der Waals surface area contributed by atoms with Gasteiger partial charge in [-0.25, -0.2) is 4.18 Å². The molecule has 5 saturated heterocycles. The minimum atomic E-state index is -5.17. The first kappa shape index (κ1) is 62.8. The zero-order chi connectivity index (χ0) is 59.3. The van der Waals surface area contributed by atoms with E-state index in [2.05, 4.69) is 13.0 Å². The number of hydrogen-bond acceptors (Lipinski definition) is 25. The lowest BCUT2D eigenvalue weighted by Crippen LogP contribution is -2.66. The number of aliphatic hydroxyl groups excluding tert-OH is 8. The molecule has 0 aromatic rings. The van der Waals surface area contributed by atoms with Gasteiger partial charge in [-0.2, -0.15) is 8.42 Å². The largest absolute Gasteiger partial charge is 0.459 e. The molecule has 9 aliphatic rings. The molecule has 3 saturated carbocycles. The summed E-state index contributed by atoms with van der Waals surface area (Å²) in [5, 5.41) is 101. The van der Waals surface area contributed by atoms with Crippen LogP contribution in [-0.4, -0.2) is 232 Å². The van der Waals surface area contributed by atoms with E-state index in [4.69, 9.17) is 56.3 Å². The van der Waals surface area contributed by atoms with Gasteiger partial charge in [-0.1, -0.05) is 57.1 Å². The summed E-state index contributed by atoms with van der Waals surface area (Å²) < 4.78 is 103. The van der Waals surface area contributed by atoms with Crippen molar-refractivity contribution in [2.75, 3.05) is 33.5 Å². The van der Waals surface area contributed by atoms with Gasteiger partial charge in [0.1, 0.15) is 90.9 Å². The van der Waals surface area contributed by atoms with Crippen molar-refractivity contribution in [1.82, 2.24) is 0 Å². The van der Waals surface area contributed by atoms with E-state index in [1.807, 2.05) is 40.7 Å². The van der Waals surface area contributed by atoms with Crippen LogP contribution in [0.25, 0.3) is 0 Å². The Balaban J connectivity index is 0.908. The summed E-state index contributed by atoms with van der Waals surface area (Å²) in [6.07, 6.45) is -19.8. The monoisotopic (exact) mass is 1180 g/mol. The maximum absolute atomic E-state index is 14.7. The predicted molar refractivity (Wildman–Crippen MR) is 272 cm³/mol. The highest BCUT2D eigenvalue weighted by Crippen LogP contribution is 2.77. The number of ether oxygens (including phenoxy) is 11. The number of fused-ring (bicyclic) bond motifs is 4. The number of aliphatic hydroxyl groups is 9. The quantitative estimate of drug-likeness (QED) is 0.0412. The first-order valence-corrected chi connectivity index (χ1v) is 29.0. The van der Waals surface area contributed by atoms with Crippen molar-refractivity contribution in [1.29, 1.82) is 0 Å². The molecule has 81 heavy (non-hydrogen) atoms. The summed E-state index contributed by atoms with van der Waals surface area (Å²) >= 11 is 0. The third-order valence-electron chi connectivity index (χ3n) is 19.7. The lowest BCUT2D eigenvalue weighted by Gasteiger charge is -2.64. The van der Waals surface area contributed by atoms with E-state index in [-0.39, 0.29) is 24.7 Å². The van der Waals surface area contributed by atoms with E-state index in [1.165, 1.54) is 14.0 Å². The van der Waals surface area contributed by atoms with Crippen LogP contribution in [0.5, 0.6) is 0 Å². The van der Waals surface area contributed by atoms with Crippen molar-refractivity contribution >= 4 is 22.3 Å². The molecule has 0 aromatic carbocycles. The molecule has 4 aliphatic carbocycles. The lowest BCUT2D eigenvalue weighted by atomic mass is 9.40. The van der Waals surface area contributed by atoms with Gasteiger partial charge >= 0.3 is 22.3 Å². The summed E-state index contributed by atoms with van der Waals surface area (Å²) in [7, 11) is -3.97. The Morgan fingerprint density at radius 1 is 0.753 bits per heavy atom. The first-order valence-electron chi connectivity index (χ1n) is 27.7. The maximum atomic E-state index is 14.7. The van der Waals surface area contributed by atoms with E-state index in [1.54, 1.807) is 19.1 Å². The van der Waals surface area contributed by atoms with Crippen molar-refractivity contribution in [2.45, 2.75) is 222 Å². The maximum Gasteiger partial charge on any atom is 0.397 e. The normalized spacial score (nSPS) is 49.6.